The average molecular weight is 196 g/mol. The summed E-state index contributed by atoms with van der Waals surface area (Å²) in [6, 6.07) is 0. The van der Waals surface area contributed by atoms with E-state index >= 15 is 0 Å². The second-order valence-electron chi connectivity index (χ2n) is 4.97. The lowest BCUT2D eigenvalue weighted by Crippen LogP contribution is -2.60. The van der Waals surface area contributed by atoms with E-state index in [1.807, 2.05) is 11.9 Å². The smallest absolute Gasteiger partial charge is 0.223 e. The van der Waals surface area contributed by atoms with Crippen LogP contribution in [0.5, 0.6) is 0 Å². The molecule has 2 saturated heterocycles. The summed E-state index contributed by atoms with van der Waals surface area (Å²) in [6.45, 7) is 6.50. The maximum atomic E-state index is 11.7. The number of likely N-dealkylation sites (N-methyl/N-ethyl adjacent to an activating group) is 1. The molecule has 2 aliphatic rings. The second-order valence-corrected chi connectivity index (χ2v) is 4.97. The van der Waals surface area contributed by atoms with E-state index in [2.05, 4.69) is 19.2 Å². The molecule has 2 unspecified atom stereocenters. The molecule has 0 aromatic rings. The third kappa shape index (κ3) is 1.11. The molecule has 0 aliphatic carbocycles. The van der Waals surface area contributed by atoms with Crippen molar-refractivity contribution in [2.45, 2.75) is 32.2 Å². The Labute approximate surface area is 85.8 Å². The highest BCUT2D eigenvalue weighted by molar-refractivity contribution is 5.80. The van der Waals surface area contributed by atoms with E-state index in [1.54, 1.807) is 0 Å². The minimum atomic E-state index is 0.0926. The third-order valence-corrected chi connectivity index (χ3v) is 4.20. The van der Waals surface area contributed by atoms with Gasteiger partial charge in [-0.05, 0) is 24.8 Å². The van der Waals surface area contributed by atoms with Gasteiger partial charge in [0.15, 0.2) is 0 Å². The maximum absolute atomic E-state index is 11.7. The first-order chi connectivity index (χ1) is 6.59. The molecule has 1 amide bonds. The molecule has 0 saturated carbocycles. The molecule has 2 fully saturated rings. The Morgan fingerprint density at radius 2 is 2.29 bits per heavy atom. The van der Waals surface area contributed by atoms with Crippen LogP contribution in [-0.4, -0.2) is 36.5 Å². The fourth-order valence-electron chi connectivity index (χ4n) is 3.27. The van der Waals surface area contributed by atoms with Gasteiger partial charge in [0.05, 0.1) is 5.54 Å². The van der Waals surface area contributed by atoms with Gasteiger partial charge in [-0.2, -0.15) is 0 Å². The van der Waals surface area contributed by atoms with Gasteiger partial charge in [-0.3, -0.25) is 4.79 Å². The Bertz CT molecular complexity index is 252. The summed E-state index contributed by atoms with van der Waals surface area (Å²) in [4.78, 5) is 13.7. The number of hydrogen-bond acceptors (Lipinski definition) is 2. The molecule has 0 aromatic carbocycles. The molecule has 2 rings (SSSR count). The summed E-state index contributed by atoms with van der Waals surface area (Å²) in [6.07, 6.45) is 1.91. The summed E-state index contributed by atoms with van der Waals surface area (Å²) in [5.74, 6) is 1.44. The van der Waals surface area contributed by atoms with Crippen molar-refractivity contribution in [2.24, 2.45) is 11.8 Å². The van der Waals surface area contributed by atoms with Crippen LogP contribution < -0.4 is 5.32 Å². The first kappa shape index (κ1) is 9.97. The number of amides is 1. The standard InChI is InChI=1S/C11H20N2O/c1-8(2)11-7-12-5-4-9(11)6-10(14)13(11)3/h8-9,12H,4-7H2,1-3H3. The number of likely N-dealkylation sites (tertiary alicyclic amines) is 1. The number of nitrogens with one attached hydrogen (secondary N) is 1. The van der Waals surface area contributed by atoms with Crippen LogP contribution in [0.4, 0.5) is 0 Å². The van der Waals surface area contributed by atoms with Crippen LogP contribution in [0.2, 0.25) is 0 Å². The summed E-state index contributed by atoms with van der Waals surface area (Å²) >= 11 is 0. The van der Waals surface area contributed by atoms with Crippen molar-refractivity contribution in [3.8, 4) is 0 Å². The van der Waals surface area contributed by atoms with Gasteiger partial charge in [-0.15, -0.1) is 0 Å². The highest BCUT2D eigenvalue weighted by Gasteiger charge is 2.53. The number of carbonyl (C=O) groups is 1. The first-order valence-electron chi connectivity index (χ1n) is 5.56. The second kappa shape index (κ2) is 3.23. The molecule has 2 atom stereocenters. The van der Waals surface area contributed by atoms with Crippen LogP contribution in [0, 0.1) is 11.8 Å². The van der Waals surface area contributed by atoms with E-state index in [-0.39, 0.29) is 5.54 Å². The fourth-order valence-corrected chi connectivity index (χ4v) is 3.27. The molecule has 0 aromatic heterocycles. The lowest BCUT2D eigenvalue weighted by atomic mass is 9.72. The average Bonchev–Trinajstić information content (AvgIpc) is 2.41. The fraction of sp³-hybridized carbons (Fsp3) is 0.909. The Kier molecular flexibility index (Phi) is 2.30. The molecule has 80 valence electrons. The quantitative estimate of drug-likeness (QED) is 0.674. The summed E-state index contributed by atoms with van der Waals surface area (Å²) < 4.78 is 0. The van der Waals surface area contributed by atoms with E-state index in [4.69, 9.17) is 0 Å². The van der Waals surface area contributed by atoms with Crippen LogP contribution in [0.1, 0.15) is 26.7 Å². The zero-order valence-corrected chi connectivity index (χ0v) is 9.34. The molecule has 2 heterocycles. The van der Waals surface area contributed by atoms with Crippen molar-refractivity contribution in [2.75, 3.05) is 20.1 Å². The van der Waals surface area contributed by atoms with Gasteiger partial charge >= 0.3 is 0 Å². The Morgan fingerprint density at radius 1 is 1.57 bits per heavy atom. The minimum absolute atomic E-state index is 0.0926. The van der Waals surface area contributed by atoms with E-state index in [0.29, 0.717) is 17.7 Å². The van der Waals surface area contributed by atoms with Crippen molar-refractivity contribution in [1.82, 2.24) is 10.2 Å². The van der Waals surface area contributed by atoms with Gasteiger partial charge in [0.1, 0.15) is 0 Å². The highest BCUT2D eigenvalue weighted by atomic mass is 16.2. The zero-order chi connectivity index (χ0) is 10.3. The lowest BCUT2D eigenvalue weighted by Gasteiger charge is -2.47. The van der Waals surface area contributed by atoms with Crippen molar-refractivity contribution in [1.29, 1.82) is 0 Å². The number of rotatable bonds is 1. The number of carbonyl (C=O) groups excluding carboxylic acids is 1. The molecule has 0 bridgehead atoms. The Hall–Kier alpha value is -0.570. The van der Waals surface area contributed by atoms with Gasteiger partial charge < -0.3 is 10.2 Å². The molecular weight excluding hydrogens is 176 g/mol. The number of hydrogen-bond donors (Lipinski definition) is 1. The molecule has 2 aliphatic heterocycles. The number of piperidine rings is 1. The van der Waals surface area contributed by atoms with Crippen LogP contribution >= 0.6 is 0 Å². The summed E-state index contributed by atoms with van der Waals surface area (Å²) in [5.41, 5.74) is 0.0926. The maximum Gasteiger partial charge on any atom is 0.223 e. The van der Waals surface area contributed by atoms with E-state index in [1.165, 1.54) is 0 Å². The molecular formula is C11H20N2O. The van der Waals surface area contributed by atoms with Gasteiger partial charge in [0.25, 0.3) is 0 Å². The van der Waals surface area contributed by atoms with Crippen molar-refractivity contribution in [3.63, 3.8) is 0 Å². The van der Waals surface area contributed by atoms with Crippen molar-refractivity contribution in [3.05, 3.63) is 0 Å². The predicted octanol–water partition coefficient (Wildman–Crippen LogP) is 0.853. The van der Waals surface area contributed by atoms with Gasteiger partial charge in [-0.25, -0.2) is 0 Å². The topological polar surface area (TPSA) is 32.3 Å². The third-order valence-electron chi connectivity index (χ3n) is 4.20. The molecule has 0 spiro atoms. The zero-order valence-electron chi connectivity index (χ0n) is 9.34. The van der Waals surface area contributed by atoms with Crippen LogP contribution in [0.15, 0.2) is 0 Å². The molecule has 14 heavy (non-hydrogen) atoms. The summed E-state index contributed by atoms with van der Waals surface area (Å²) in [7, 11) is 1.97. The minimum Gasteiger partial charge on any atom is -0.338 e. The van der Waals surface area contributed by atoms with E-state index in [0.717, 1.165) is 25.9 Å². The highest BCUT2D eigenvalue weighted by Crippen LogP contribution is 2.43. The molecule has 0 radical (unpaired) electrons. The van der Waals surface area contributed by atoms with Crippen molar-refractivity contribution >= 4 is 5.91 Å². The van der Waals surface area contributed by atoms with Gasteiger partial charge in [0, 0.05) is 20.0 Å². The monoisotopic (exact) mass is 196 g/mol. The van der Waals surface area contributed by atoms with E-state index in [9.17, 15) is 4.79 Å². The molecule has 3 heteroatoms. The first-order valence-corrected chi connectivity index (χ1v) is 5.56. The van der Waals surface area contributed by atoms with Crippen LogP contribution in [0.3, 0.4) is 0 Å². The summed E-state index contributed by atoms with van der Waals surface area (Å²) in [5, 5.41) is 3.44. The predicted molar refractivity (Wildman–Crippen MR) is 55.9 cm³/mol. The van der Waals surface area contributed by atoms with Crippen LogP contribution in [0.25, 0.3) is 0 Å². The number of fused-ring (bicyclic) bond motifs is 1. The molecule has 3 nitrogen and oxygen atoms in total. The molecule has 1 N–H and O–H groups in total. The van der Waals surface area contributed by atoms with Gasteiger partial charge in [0.2, 0.25) is 5.91 Å². The van der Waals surface area contributed by atoms with Crippen molar-refractivity contribution < 1.29 is 4.79 Å². The normalized spacial score (nSPS) is 37.9. The number of nitrogens with zero attached hydrogens (tertiary/aromatic N) is 1. The lowest BCUT2D eigenvalue weighted by molar-refractivity contribution is -0.130. The Balaban J connectivity index is 2.34. The largest absolute Gasteiger partial charge is 0.338 e. The van der Waals surface area contributed by atoms with Gasteiger partial charge in [-0.1, -0.05) is 13.8 Å². The SMILES string of the molecule is CC(C)C12CNCCC1CC(=O)N2C. The van der Waals surface area contributed by atoms with Crippen LogP contribution in [-0.2, 0) is 4.79 Å². The Morgan fingerprint density at radius 3 is 2.86 bits per heavy atom. The van der Waals surface area contributed by atoms with E-state index < -0.39 is 0 Å².